The molecule has 0 aromatic carbocycles. The predicted molar refractivity (Wildman–Crippen MR) is 129 cm³/mol. The van der Waals surface area contributed by atoms with Gasteiger partial charge < -0.3 is 24.6 Å². The van der Waals surface area contributed by atoms with Crippen LogP contribution in [-0.2, 0) is 14.3 Å². The van der Waals surface area contributed by atoms with Gasteiger partial charge >= 0.3 is 18.1 Å². The number of piperazine rings is 1. The van der Waals surface area contributed by atoms with Gasteiger partial charge in [-0.05, 0) is 78.2 Å². The summed E-state index contributed by atoms with van der Waals surface area (Å²) in [6.07, 6.45) is 6.22. The molecule has 2 aliphatic heterocycles. The Balaban J connectivity index is 1.28. The van der Waals surface area contributed by atoms with Crippen LogP contribution in [0.2, 0.25) is 0 Å². The van der Waals surface area contributed by atoms with Crippen LogP contribution >= 0.6 is 0 Å². The van der Waals surface area contributed by atoms with E-state index in [0.29, 0.717) is 5.92 Å². The first-order valence-corrected chi connectivity index (χ1v) is 13.0. The number of amides is 3. The molecule has 1 aliphatic carbocycles. The normalized spacial score (nSPS) is 25.1. The monoisotopic (exact) mass is 480 g/mol. The number of urea groups is 1. The fraction of sp³-hybridized carbons (Fsp3) is 0.880. The van der Waals surface area contributed by atoms with E-state index in [1.54, 1.807) is 0 Å². The lowest BCUT2D eigenvalue weighted by atomic mass is 9.86. The van der Waals surface area contributed by atoms with E-state index in [-0.39, 0.29) is 30.1 Å². The SMILES string of the molecule is COC(=O)C1CCC(NC(=O)N2CCN(CCC3CCN(C(=O)OC(C)(C)C)CC3)CC2)CC1. The number of hydrogen-bond donors (Lipinski definition) is 1. The van der Waals surface area contributed by atoms with Crippen LogP contribution < -0.4 is 5.32 Å². The number of nitrogens with zero attached hydrogens (tertiary/aromatic N) is 3. The Labute approximate surface area is 204 Å². The zero-order valence-corrected chi connectivity index (χ0v) is 21.5. The second kappa shape index (κ2) is 12.1. The van der Waals surface area contributed by atoms with Crippen LogP contribution in [0.5, 0.6) is 0 Å². The van der Waals surface area contributed by atoms with E-state index in [9.17, 15) is 14.4 Å². The summed E-state index contributed by atoms with van der Waals surface area (Å²) < 4.78 is 10.3. The summed E-state index contributed by atoms with van der Waals surface area (Å²) in [5.74, 6) is 0.487. The molecule has 0 unspecified atom stereocenters. The second-order valence-electron chi connectivity index (χ2n) is 11.0. The third kappa shape index (κ3) is 8.03. The van der Waals surface area contributed by atoms with Gasteiger partial charge in [-0.3, -0.25) is 9.69 Å². The Morgan fingerprint density at radius 3 is 2.03 bits per heavy atom. The van der Waals surface area contributed by atoms with Crippen molar-refractivity contribution in [2.45, 2.75) is 77.4 Å². The molecule has 2 saturated heterocycles. The molecule has 0 bridgehead atoms. The van der Waals surface area contributed by atoms with Crippen LogP contribution in [0.1, 0.15) is 65.7 Å². The lowest BCUT2D eigenvalue weighted by Crippen LogP contribution is -2.54. The number of esters is 1. The van der Waals surface area contributed by atoms with Crippen molar-refractivity contribution in [3.8, 4) is 0 Å². The molecule has 0 atom stereocenters. The lowest BCUT2D eigenvalue weighted by molar-refractivity contribution is -0.146. The van der Waals surface area contributed by atoms with Crippen molar-refractivity contribution in [2.24, 2.45) is 11.8 Å². The highest BCUT2D eigenvalue weighted by atomic mass is 16.6. The number of piperidine rings is 1. The van der Waals surface area contributed by atoms with E-state index in [1.807, 2.05) is 30.6 Å². The molecule has 1 saturated carbocycles. The third-order valence-corrected chi connectivity index (χ3v) is 7.37. The Kier molecular flexibility index (Phi) is 9.45. The van der Waals surface area contributed by atoms with Crippen molar-refractivity contribution in [1.82, 2.24) is 20.0 Å². The van der Waals surface area contributed by atoms with Gasteiger partial charge in [0.05, 0.1) is 13.0 Å². The first-order chi connectivity index (χ1) is 16.1. The molecule has 0 radical (unpaired) electrons. The molecule has 2 heterocycles. The molecule has 1 N–H and O–H groups in total. The Bertz CT molecular complexity index is 686. The zero-order valence-electron chi connectivity index (χ0n) is 21.5. The van der Waals surface area contributed by atoms with Gasteiger partial charge in [-0.25, -0.2) is 9.59 Å². The van der Waals surface area contributed by atoms with Gasteiger partial charge in [0.25, 0.3) is 0 Å². The van der Waals surface area contributed by atoms with Crippen LogP contribution in [0.15, 0.2) is 0 Å². The smallest absolute Gasteiger partial charge is 0.410 e. The van der Waals surface area contributed by atoms with E-state index in [1.165, 1.54) is 7.11 Å². The topological polar surface area (TPSA) is 91.4 Å². The molecule has 3 rings (SSSR count). The summed E-state index contributed by atoms with van der Waals surface area (Å²) in [7, 11) is 1.44. The average Bonchev–Trinajstić information content (AvgIpc) is 2.82. The van der Waals surface area contributed by atoms with Crippen molar-refractivity contribution >= 4 is 18.1 Å². The largest absolute Gasteiger partial charge is 0.469 e. The number of ether oxygens (including phenoxy) is 2. The molecule has 3 amide bonds. The number of hydrogen-bond acceptors (Lipinski definition) is 6. The summed E-state index contributed by atoms with van der Waals surface area (Å²) in [4.78, 5) is 42.8. The second-order valence-corrected chi connectivity index (χ2v) is 11.0. The highest BCUT2D eigenvalue weighted by Gasteiger charge is 2.30. The van der Waals surface area contributed by atoms with Crippen molar-refractivity contribution in [3.63, 3.8) is 0 Å². The molecule has 0 spiro atoms. The van der Waals surface area contributed by atoms with Crippen molar-refractivity contribution in [1.29, 1.82) is 0 Å². The Morgan fingerprint density at radius 1 is 0.853 bits per heavy atom. The number of methoxy groups -OCH3 is 1. The molecule has 34 heavy (non-hydrogen) atoms. The summed E-state index contributed by atoms with van der Waals surface area (Å²) in [5.41, 5.74) is -0.447. The van der Waals surface area contributed by atoms with Gasteiger partial charge in [-0.1, -0.05) is 0 Å². The number of likely N-dealkylation sites (tertiary alicyclic amines) is 1. The number of rotatable bonds is 5. The van der Waals surface area contributed by atoms with Crippen LogP contribution in [0.25, 0.3) is 0 Å². The maximum absolute atomic E-state index is 12.7. The molecule has 3 fully saturated rings. The first-order valence-electron chi connectivity index (χ1n) is 13.0. The minimum atomic E-state index is -0.447. The Hall–Kier alpha value is -2.03. The minimum Gasteiger partial charge on any atom is -0.469 e. The number of nitrogens with one attached hydrogen (secondary N) is 1. The standard InChI is InChI=1S/C25H44N4O5/c1-25(2,3)34-24(32)29-13-10-19(11-14-29)9-12-27-15-17-28(18-16-27)23(31)26-21-7-5-20(6-8-21)22(30)33-4/h19-21H,5-18H2,1-4H3,(H,26,31). The highest BCUT2D eigenvalue weighted by Crippen LogP contribution is 2.26. The van der Waals surface area contributed by atoms with E-state index in [4.69, 9.17) is 9.47 Å². The van der Waals surface area contributed by atoms with Crippen LogP contribution in [0.4, 0.5) is 9.59 Å². The van der Waals surface area contributed by atoms with Gasteiger partial charge in [-0.15, -0.1) is 0 Å². The van der Waals surface area contributed by atoms with Crippen LogP contribution in [-0.4, -0.2) is 97.4 Å². The van der Waals surface area contributed by atoms with Crippen LogP contribution in [0, 0.1) is 11.8 Å². The van der Waals surface area contributed by atoms with Gasteiger partial charge in [0.2, 0.25) is 0 Å². The molecular weight excluding hydrogens is 436 g/mol. The van der Waals surface area contributed by atoms with Gasteiger partial charge in [0.1, 0.15) is 5.60 Å². The fourth-order valence-corrected chi connectivity index (χ4v) is 5.18. The van der Waals surface area contributed by atoms with Gasteiger partial charge in [-0.2, -0.15) is 0 Å². The maximum atomic E-state index is 12.7. The number of carbonyl (C=O) groups excluding carboxylic acids is 3. The molecule has 0 aromatic heterocycles. The van der Waals surface area contributed by atoms with Gasteiger partial charge in [0.15, 0.2) is 0 Å². The summed E-state index contributed by atoms with van der Waals surface area (Å²) in [5, 5.41) is 3.17. The predicted octanol–water partition coefficient (Wildman–Crippen LogP) is 3.08. The zero-order chi connectivity index (χ0) is 24.7. The summed E-state index contributed by atoms with van der Waals surface area (Å²) >= 11 is 0. The first kappa shape index (κ1) is 26.6. The minimum absolute atomic E-state index is 0.0220. The average molecular weight is 481 g/mol. The van der Waals surface area contributed by atoms with E-state index >= 15 is 0 Å². The van der Waals surface area contributed by atoms with E-state index < -0.39 is 5.60 Å². The van der Waals surface area contributed by atoms with E-state index in [0.717, 1.165) is 90.8 Å². The molecule has 0 aromatic rings. The lowest BCUT2D eigenvalue weighted by Gasteiger charge is -2.37. The molecule has 9 nitrogen and oxygen atoms in total. The van der Waals surface area contributed by atoms with Crippen molar-refractivity contribution in [3.05, 3.63) is 0 Å². The van der Waals surface area contributed by atoms with Crippen LogP contribution in [0.3, 0.4) is 0 Å². The van der Waals surface area contributed by atoms with Crippen molar-refractivity contribution in [2.75, 3.05) is 52.9 Å². The van der Waals surface area contributed by atoms with E-state index in [2.05, 4.69) is 10.2 Å². The fourth-order valence-electron chi connectivity index (χ4n) is 5.18. The van der Waals surface area contributed by atoms with Gasteiger partial charge in [0, 0.05) is 45.3 Å². The molecule has 9 heteroatoms. The number of carbonyl (C=O) groups is 3. The third-order valence-electron chi connectivity index (χ3n) is 7.37. The maximum Gasteiger partial charge on any atom is 0.410 e. The molecular formula is C25H44N4O5. The summed E-state index contributed by atoms with van der Waals surface area (Å²) in [6, 6.07) is 0.175. The quantitative estimate of drug-likeness (QED) is 0.608. The molecule has 194 valence electrons. The van der Waals surface area contributed by atoms with Crippen molar-refractivity contribution < 1.29 is 23.9 Å². The molecule has 3 aliphatic rings. The Morgan fingerprint density at radius 2 is 1.47 bits per heavy atom. The summed E-state index contributed by atoms with van der Waals surface area (Å²) in [6.45, 7) is 11.6. The highest BCUT2D eigenvalue weighted by molar-refractivity contribution is 5.75.